The molecule has 3 rings (SSSR count). The van der Waals surface area contributed by atoms with Crippen molar-refractivity contribution in [2.75, 3.05) is 18.9 Å². The van der Waals surface area contributed by atoms with E-state index >= 15 is 0 Å². The maximum atomic E-state index is 12.7. The van der Waals surface area contributed by atoms with E-state index in [1.54, 1.807) is 17.2 Å². The van der Waals surface area contributed by atoms with Crippen LogP contribution in [0.1, 0.15) is 21.6 Å². The van der Waals surface area contributed by atoms with Crippen LogP contribution in [0, 0.1) is 6.92 Å². The molecule has 0 saturated carbocycles. The van der Waals surface area contributed by atoms with Crippen LogP contribution >= 0.6 is 0 Å². The zero-order chi connectivity index (χ0) is 14.8. The third-order valence-electron chi connectivity index (χ3n) is 3.58. The van der Waals surface area contributed by atoms with Gasteiger partial charge in [-0.05, 0) is 19.1 Å². The number of nitrogens with zero attached hydrogens (tertiary/aromatic N) is 2. The van der Waals surface area contributed by atoms with E-state index in [1.807, 2.05) is 31.2 Å². The van der Waals surface area contributed by atoms with Crippen molar-refractivity contribution in [3.63, 3.8) is 0 Å². The molecule has 5 heteroatoms. The van der Waals surface area contributed by atoms with E-state index in [1.165, 1.54) is 0 Å². The molecule has 0 bridgehead atoms. The first-order chi connectivity index (χ1) is 10.1. The standard InChI is InChI=1S/C16H17N3O2/c1-11-14(8-13(17)9-18-11)16(20)19-6-7-21-15-5-3-2-4-12(15)10-19/h2-5,8-9H,6-7,10,17H2,1H3. The van der Waals surface area contributed by atoms with Crippen LogP contribution < -0.4 is 10.5 Å². The van der Waals surface area contributed by atoms with Gasteiger partial charge < -0.3 is 15.4 Å². The van der Waals surface area contributed by atoms with Gasteiger partial charge in [-0.3, -0.25) is 9.78 Å². The van der Waals surface area contributed by atoms with Crippen LogP contribution in [0.4, 0.5) is 5.69 Å². The van der Waals surface area contributed by atoms with Crippen molar-refractivity contribution in [3.05, 3.63) is 53.3 Å². The summed E-state index contributed by atoms with van der Waals surface area (Å²) in [5, 5.41) is 0. The van der Waals surface area contributed by atoms with E-state index in [9.17, 15) is 4.79 Å². The fourth-order valence-corrected chi connectivity index (χ4v) is 2.44. The number of rotatable bonds is 1. The molecular weight excluding hydrogens is 266 g/mol. The lowest BCUT2D eigenvalue weighted by Crippen LogP contribution is -2.33. The largest absolute Gasteiger partial charge is 0.491 e. The van der Waals surface area contributed by atoms with Crippen LogP contribution in [0.15, 0.2) is 36.5 Å². The molecule has 21 heavy (non-hydrogen) atoms. The molecule has 1 aromatic heterocycles. The molecule has 2 aromatic rings. The molecule has 1 aliphatic rings. The number of hydrogen-bond acceptors (Lipinski definition) is 4. The van der Waals surface area contributed by atoms with E-state index < -0.39 is 0 Å². The molecule has 1 aliphatic heterocycles. The van der Waals surface area contributed by atoms with Gasteiger partial charge in [0, 0.05) is 12.1 Å². The second kappa shape index (κ2) is 5.44. The Kier molecular flexibility index (Phi) is 3.48. The molecule has 0 unspecified atom stereocenters. The molecule has 0 aliphatic carbocycles. The molecule has 2 heterocycles. The molecule has 1 aromatic carbocycles. The van der Waals surface area contributed by atoms with Crippen LogP contribution in [0.5, 0.6) is 5.75 Å². The minimum Gasteiger partial charge on any atom is -0.491 e. The Morgan fingerprint density at radius 3 is 3.05 bits per heavy atom. The Morgan fingerprint density at radius 1 is 1.38 bits per heavy atom. The summed E-state index contributed by atoms with van der Waals surface area (Å²) >= 11 is 0. The van der Waals surface area contributed by atoms with E-state index in [4.69, 9.17) is 10.5 Å². The molecule has 1 amide bonds. The highest BCUT2D eigenvalue weighted by Gasteiger charge is 2.22. The monoisotopic (exact) mass is 283 g/mol. The summed E-state index contributed by atoms with van der Waals surface area (Å²) in [7, 11) is 0. The number of hydrogen-bond donors (Lipinski definition) is 1. The van der Waals surface area contributed by atoms with E-state index in [0.717, 1.165) is 11.3 Å². The van der Waals surface area contributed by atoms with E-state index in [2.05, 4.69) is 4.98 Å². The summed E-state index contributed by atoms with van der Waals surface area (Å²) < 4.78 is 5.68. The number of para-hydroxylation sites is 1. The predicted molar refractivity (Wildman–Crippen MR) is 80.1 cm³/mol. The summed E-state index contributed by atoms with van der Waals surface area (Å²) in [5.74, 6) is 0.780. The number of fused-ring (bicyclic) bond motifs is 1. The Hall–Kier alpha value is -2.56. The zero-order valence-corrected chi connectivity index (χ0v) is 11.9. The van der Waals surface area contributed by atoms with Crippen LogP contribution in [0.2, 0.25) is 0 Å². The number of nitrogens with two attached hydrogens (primary N) is 1. The lowest BCUT2D eigenvalue weighted by Gasteiger charge is -2.20. The Labute approximate surface area is 123 Å². The zero-order valence-electron chi connectivity index (χ0n) is 11.9. The Balaban J connectivity index is 1.90. The number of aryl methyl sites for hydroxylation is 1. The highest BCUT2D eigenvalue weighted by molar-refractivity contribution is 5.96. The molecule has 5 nitrogen and oxygen atoms in total. The summed E-state index contributed by atoms with van der Waals surface area (Å²) in [6, 6.07) is 9.47. The smallest absolute Gasteiger partial charge is 0.256 e. The van der Waals surface area contributed by atoms with Crippen LogP contribution in [0.25, 0.3) is 0 Å². The number of pyridine rings is 1. The fourth-order valence-electron chi connectivity index (χ4n) is 2.44. The third-order valence-corrected chi connectivity index (χ3v) is 3.58. The van der Waals surface area contributed by atoms with Crippen LogP contribution in [0.3, 0.4) is 0 Å². The van der Waals surface area contributed by atoms with Crippen LogP contribution in [-0.2, 0) is 6.54 Å². The quantitative estimate of drug-likeness (QED) is 0.869. The predicted octanol–water partition coefficient (Wildman–Crippen LogP) is 2.01. The Morgan fingerprint density at radius 2 is 2.19 bits per heavy atom. The molecular formula is C16H17N3O2. The molecule has 0 saturated heterocycles. The van der Waals surface area contributed by atoms with Gasteiger partial charge >= 0.3 is 0 Å². The lowest BCUT2D eigenvalue weighted by atomic mass is 10.1. The summed E-state index contributed by atoms with van der Waals surface area (Å²) in [4.78, 5) is 18.6. The highest BCUT2D eigenvalue weighted by atomic mass is 16.5. The van der Waals surface area contributed by atoms with Crippen molar-refractivity contribution >= 4 is 11.6 Å². The van der Waals surface area contributed by atoms with Crippen molar-refractivity contribution in [1.29, 1.82) is 0 Å². The first-order valence-electron chi connectivity index (χ1n) is 6.87. The number of carbonyl (C=O) groups is 1. The minimum atomic E-state index is -0.0624. The molecule has 0 spiro atoms. The van der Waals surface area contributed by atoms with Gasteiger partial charge in [0.25, 0.3) is 5.91 Å². The first kappa shape index (κ1) is 13.4. The number of carbonyl (C=O) groups excluding carboxylic acids is 1. The van der Waals surface area contributed by atoms with Gasteiger partial charge in [-0.2, -0.15) is 0 Å². The summed E-state index contributed by atoms with van der Waals surface area (Å²) in [6.45, 7) is 3.37. The number of aromatic nitrogens is 1. The maximum absolute atomic E-state index is 12.7. The third kappa shape index (κ3) is 2.67. The number of nitrogen functional groups attached to an aromatic ring is 1. The van der Waals surface area contributed by atoms with Gasteiger partial charge in [0.15, 0.2) is 0 Å². The van der Waals surface area contributed by atoms with Crippen LogP contribution in [-0.4, -0.2) is 28.9 Å². The molecule has 108 valence electrons. The van der Waals surface area contributed by atoms with Gasteiger partial charge in [-0.25, -0.2) is 0 Å². The van der Waals surface area contributed by atoms with Crippen molar-refractivity contribution in [2.45, 2.75) is 13.5 Å². The fraction of sp³-hybridized carbons (Fsp3) is 0.250. The second-order valence-corrected chi connectivity index (χ2v) is 5.08. The van der Waals surface area contributed by atoms with Crippen molar-refractivity contribution in [2.24, 2.45) is 0 Å². The number of ether oxygens (including phenoxy) is 1. The first-order valence-corrected chi connectivity index (χ1v) is 6.87. The van der Waals surface area contributed by atoms with Crippen molar-refractivity contribution < 1.29 is 9.53 Å². The number of amides is 1. The SMILES string of the molecule is Cc1ncc(N)cc1C(=O)N1CCOc2ccccc2C1. The van der Waals surface area contributed by atoms with Crippen molar-refractivity contribution in [1.82, 2.24) is 9.88 Å². The van der Waals surface area contributed by atoms with Gasteiger partial charge in [-0.1, -0.05) is 18.2 Å². The van der Waals surface area contributed by atoms with Gasteiger partial charge in [0.2, 0.25) is 0 Å². The molecule has 0 atom stereocenters. The normalized spacial score (nSPS) is 14.0. The Bertz CT molecular complexity index is 685. The maximum Gasteiger partial charge on any atom is 0.256 e. The molecule has 0 fully saturated rings. The van der Waals surface area contributed by atoms with Gasteiger partial charge in [-0.15, -0.1) is 0 Å². The van der Waals surface area contributed by atoms with Crippen molar-refractivity contribution in [3.8, 4) is 5.75 Å². The van der Waals surface area contributed by atoms with E-state index in [0.29, 0.717) is 36.6 Å². The molecule has 2 N–H and O–H groups in total. The summed E-state index contributed by atoms with van der Waals surface area (Å²) in [6.07, 6.45) is 1.56. The topological polar surface area (TPSA) is 68.5 Å². The number of anilines is 1. The second-order valence-electron chi connectivity index (χ2n) is 5.08. The highest BCUT2D eigenvalue weighted by Crippen LogP contribution is 2.24. The lowest BCUT2D eigenvalue weighted by molar-refractivity contribution is 0.0732. The summed E-state index contributed by atoms with van der Waals surface area (Å²) in [5.41, 5.74) is 8.49. The number of benzene rings is 1. The average molecular weight is 283 g/mol. The minimum absolute atomic E-state index is 0.0624. The molecule has 0 radical (unpaired) electrons. The van der Waals surface area contributed by atoms with E-state index in [-0.39, 0.29) is 5.91 Å². The average Bonchev–Trinajstić information content (AvgIpc) is 2.71. The van der Waals surface area contributed by atoms with Gasteiger partial charge in [0.1, 0.15) is 12.4 Å². The van der Waals surface area contributed by atoms with Gasteiger partial charge in [0.05, 0.1) is 29.7 Å².